The minimum absolute atomic E-state index is 0.101. The fourth-order valence-corrected chi connectivity index (χ4v) is 3.11. The first-order valence-electron chi connectivity index (χ1n) is 6.35. The van der Waals surface area contributed by atoms with Gasteiger partial charge in [-0.15, -0.1) is 11.8 Å². The van der Waals surface area contributed by atoms with E-state index in [0.29, 0.717) is 6.42 Å². The van der Waals surface area contributed by atoms with E-state index < -0.39 is 0 Å². The van der Waals surface area contributed by atoms with Crippen molar-refractivity contribution in [3.05, 3.63) is 66.2 Å². The number of nitriles is 1. The normalized spacial score (nSPS) is 13.5. The third-order valence-electron chi connectivity index (χ3n) is 3.24. The third-order valence-corrected chi connectivity index (χ3v) is 4.63. The van der Waals surface area contributed by atoms with Crippen LogP contribution in [0, 0.1) is 11.3 Å². The first-order valence-corrected chi connectivity index (χ1v) is 7.33. The number of thioether (sulfide) groups is 1. The summed E-state index contributed by atoms with van der Waals surface area (Å²) in [5, 5.41) is 9.10. The molecule has 1 atom stereocenters. The molecule has 0 saturated heterocycles. The van der Waals surface area contributed by atoms with Crippen LogP contribution in [0.5, 0.6) is 0 Å². The summed E-state index contributed by atoms with van der Waals surface area (Å²) in [7, 11) is 0. The van der Waals surface area contributed by atoms with Gasteiger partial charge in [0.25, 0.3) is 0 Å². The summed E-state index contributed by atoms with van der Waals surface area (Å²) in [5.74, 6) is 0.911. The van der Waals surface area contributed by atoms with Crippen LogP contribution in [0.1, 0.15) is 18.9 Å². The lowest BCUT2D eigenvalue weighted by Crippen LogP contribution is -2.24. The molecule has 0 N–H and O–H groups in total. The average molecular weight is 267 g/mol. The van der Waals surface area contributed by atoms with Gasteiger partial charge in [0.1, 0.15) is 0 Å². The van der Waals surface area contributed by atoms with Crippen molar-refractivity contribution in [1.29, 1.82) is 5.26 Å². The van der Waals surface area contributed by atoms with E-state index in [1.807, 2.05) is 48.2 Å². The molecule has 0 heterocycles. The molecule has 0 aliphatic rings. The largest absolute Gasteiger partial charge is 0.198 e. The van der Waals surface area contributed by atoms with E-state index in [1.165, 1.54) is 10.5 Å². The van der Waals surface area contributed by atoms with Gasteiger partial charge in [-0.2, -0.15) is 5.26 Å². The molecule has 0 aromatic heterocycles. The van der Waals surface area contributed by atoms with Crippen LogP contribution in [0.15, 0.2) is 65.6 Å². The predicted octanol–water partition coefficient (Wildman–Crippen LogP) is 4.65. The maximum absolute atomic E-state index is 9.10. The molecule has 2 rings (SSSR count). The predicted molar refractivity (Wildman–Crippen MR) is 81.2 cm³/mol. The maximum Gasteiger partial charge on any atom is 0.0631 e. The SMILES string of the molecule is CC(CC#N)(CSc1ccccc1)c1ccccc1. The Morgan fingerprint density at radius 2 is 1.58 bits per heavy atom. The highest BCUT2D eigenvalue weighted by Gasteiger charge is 2.26. The summed E-state index contributed by atoms with van der Waals surface area (Å²) in [6, 6.07) is 23.0. The molecule has 2 heteroatoms. The standard InChI is InChI=1S/C17H17NS/c1-17(12-13-18,15-8-4-2-5-9-15)14-19-16-10-6-3-7-11-16/h2-11H,12,14H2,1H3. The van der Waals surface area contributed by atoms with Gasteiger partial charge in [0.2, 0.25) is 0 Å². The van der Waals surface area contributed by atoms with Gasteiger partial charge in [0.05, 0.1) is 6.07 Å². The van der Waals surface area contributed by atoms with Gasteiger partial charge < -0.3 is 0 Å². The number of hydrogen-bond acceptors (Lipinski definition) is 2. The van der Waals surface area contributed by atoms with Crippen molar-refractivity contribution < 1.29 is 0 Å². The molecule has 0 aliphatic heterocycles. The zero-order valence-corrected chi connectivity index (χ0v) is 11.9. The molecule has 96 valence electrons. The van der Waals surface area contributed by atoms with E-state index in [1.54, 1.807) is 0 Å². The van der Waals surface area contributed by atoms with Crippen molar-refractivity contribution in [2.45, 2.75) is 23.7 Å². The monoisotopic (exact) mass is 267 g/mol. The second-order valence-corrected chi connectivity index (χ2v) is 5.91. The van der Waals surface area contributed by atoms with Crippen molar-refractivity contribution in [2.75, 3.05) is 5.75 Å². The van der Waals surface area contributed by atoms with Crippen molar-refractivity contribution in [1.82, 2.24) is 0 Å². The summed E-state index contributed by atoms with van der Waals surface area (Å²) in [5.41, 5.74) is 1.14. The molecule has 2 aromatic carbocycles. The average Bonchev–Trinajstić information content (AvgIpc) is 2.48. The van der Waals surface area contributed by atoms with Gasteiger partial charge in [0, 0.05) is 22.5 Å². The van der Waals surface area contributed by atoms with Crippen molar-refractivity contribution in [3.8, 4) is 6.07 Å². The van der Waals surface area contributed by atoms with Crippen LogP contribution in [0.25, 0.3) is 0 Å². The second-order valence-electron chi connectivity index (χ2n) is 4.86. The molecule has 2 aromatic rings. The fraction of sp³-hybridized carbons (Fsp3) is 0.235. The van der Waals surface area contributed by atoms with Crippen molar-refractivity contribution >= 4 is 11.8 Å². The van der Waals surface area contributed by atoms with Crippen LogP contribution in [0.3, 0.4) is 0 Å². The summed E-state index contributed by atoms with van der Waals surface area (Å²) >= 11 is 1.81. The van der Waals surface area contributed by atoms with Crippen LogP contribution in [-0.4, -0.2) is 5.75 Å². The van der Waals surface area contributed by atoms with E-state index in [4.69, 9.17) is 5.26 Å². The molecule has 0 spiro atoms. The number of rotatable bonds is 5. The van der Waals surface area contributed by atoms with Crippen LogP contribution >= 0.6 is 11.8 Å². The lowest BCUT2D eigenvalue weighted by Gasteiger charge is -2.27. The smallest absolute Gasteiger partial charge is 0.0631 e. The molecule has 0 aliphatic carbocycles. The molecular weight excluding hydrogens is 250 g/mol. The topological polar surface area (TPSA) is 23.8 Å². The Balaban J connectivity index is 2.15. The van der Waals surface area contributed by atoms with Gasteiger partial charge in [-0.3, -0.25) is 0 Å². The van der Waals surface area contributed by atoms with Crippen molar-refractivity contribution in [2.24, 2.45) is 0 Å². The highest BCUT2D eigenvalue weighted by Crippen LogP contribution is 2.33. The minimum atomic E-state index is -0.101. The Hall–Kier alpha value is -1.72. The van der Waals surface area contributed by atoms with Crippen LogP contribution < -0.4 is 0 Å². The zero-order valence-electron chi connectivity index (χ0n) is 11.0. The summed E-state index contributed by atoms with van der Waals surface area (Å²) in [6.07, 6.45) is 0.539. The molecule has 1 nitrogen and oxygen atoms in total. The number of nitrogens with zero attached hydrogens (tertiary/aromatic N) is 1. The van der Waals surface area contributed by atoms with Gasteiger partial charge in [-0.25, -0.2) is 0 Å². The van der Waals surface area contributed by atoms with Gasteiger partial charge >= 0.3 is 0 Å². The molecule has 1 unspecified atom stereocenters. The van der Waals surface area contributed by atoms with E-state index in [2.05, 4.69) is 37.3 Å². The van der Waals surface area contributed by atoms with Gasteiger partial charge in [-0.05, 0) is 17.7 Å². The van der Waals surface area contributed by atoms with Crippen LogP contribution in [0.4, 0.5) is 0 Å². The van der Waals surface area contributed by atoms with Crippen LogP contribution in [0.2, 0.25) is 0 Å². The summed E-state index contributed by atoms with van der Waals surface area (Å²) in [6.45, 7) is 2.17. The Morgan fingerprint density at radius 1 is 1.00 bits per heavy atom. The molecule has 0 amide bonds. The fourth-order valence-electron chi connectivity index (χ4n) is 2.01. The minimum Gasteiger partial charge on any atom is -0.198 e. The lowest BCUT2D eigenvalue weighted by molar-refractivity contribution is 0.551. The van der Waals surface area contributed by atoms with Crippen molar-refractivity contribution in [3.63, 3.8) is 0 Å². The third kappa shape index (κ3) is 3.62. The molecule has 0 bridgehead atoms. The Bertz CT molecular complexity index is 544. The number of hydrogen-bond donors (Lipinski definition) is 0. The van der Waals surface area contributed by atoms with Gasteiger partial charge in [0.15, 0.2) is 0 Å². The molecular formula is C17H17NS. The van der Waals surface area contributed by atoms with E-state index in [-0.39, 0.29) is 5.41 Å². The Kier molecular flexibility index (Phi) is 4.65. The Labute approximate surface area is 119 Å². The Morgan fingerprint density at radius 3 is 2.16 bits per heavy atom. The summed E-state index contributed by atoms with van der Waals surface area (Å²) in [4.78, 5) is 1.25. The lowest BCUT2D eigenvalue weighted by atomic mass is 9.82. The number of benzene rings is 2. The van der Waals surface area contributed by atoms with E-state index in [0.717, 1.165) is 5.75 Å². The maximum atomic E-state index is 9.10. The summed E-state index contributed by atoms with van der Waals surface area (Å²) < 4.78 is 0. The van der Waals surface area contributed by atoms with E-state index in [9.17, 15) is 0 Å². The molecule has 0 saturated carbocycles. The van der Waals surface area contributed by atoms with E-state index >= 15 is 0 Å². The molecule has 19 heavy (non-hydrogen) atoms. The first-order chi connectivity index (χ1) is 9.24. The zero-order chi connectivity index (χ0) is 13.6. The second kappa shape index (κ2) is 6.45. The first kappa shape index (κ1) is 13.7. The van der Waals surface area contributed by atoms with Gasteiger partial charge in [-0.1, -0.05) is 55.5 Å². The molecule has 0 radical (unpaired) electrons. The highest BCUT2D eigenvalue weighted by atomic mass is 32.2. The quantitative estimate of drug-likeness (QED) is 0.736. The van der Waals surface area contributed by atoms with Crippen LogP contribution in [-0.2, 0) is 5.41 Å². The molecule has 0 fully saturated rings. The highest BCUT2D eigenvalue weighted by molar-refractivity contribution is 7.99.